The van der Waals surface area contributed by atoms with Gasteiger partial charge in [0.1, 0.15) is 0 Å². The second kappa shape index (κ2) is 8.03. The second-order valence-corrected chi connectivity index (χ2v) is 7.97. The van der Waals surface area contributed by atoms with Crippen molar-refractivity contribution in [1.29, 1.82) is 0 Å². The van der Waals surface area contributed by atoms with Crippen LogP contribution in [0.3, 0.4) is 0 Å². The molecule has 1 N–H and O–H groups in total. The zero-order valence-corrected chi connectivity index (χ0v) is 16.8. The van der Waals surface area contributed by atoms with E-state index in [0.29, 0.717) is 18.2 Å². The summed E-state index contributed by atoms with van der Waals surface area (Å²) in [4.78, 5) is 31.6. The molecule has 1 aliphatic heterocycles. The number of nitrogens with one attached hydrogen (secondary N) is 1. The Hall–Kier alpha value is -3.21. The molecule has 2 heterocycles. The van der Waals surface area contributed by atoms with E-state index in [1.165, 1.54) is 5.39 Å². The van der Waals surface area contributed by atoms with Crippen LogP contribution < -0.4 is 5.32 Å². The molecule has 3 aromatic rings. The minimum atomic E-state index is -0.614. The Morgan fingerprint density at radius 3 is 2.62 bits per heavy atom. The Morgan fingerprint density at radius 1 is 1.03 bits per heavy atom. The number of benzene rings is 2. The molecule has 0 radical (unpaired) electrons. The van der Waals surface area contributed by atoms with Crippen LogP contribution in [-0.4, -0.2) is 28.2 Å². The molecule has 0 unspecified atom stereocenters. The average molecular weight is 387 g/mol. The minimum absolute atomic E-state index is 0.0929. The standard InChI is InChI=1S/C24H25N3O2/c1-16-7-10-22(20-9-8-18-5-3-4-6-19(18)12-20)27(15-16)24(29)23(28)26-21-11-17(2)13-25-14-21/h3-6,8-9,11-14,16,22H,7,10,15H2,1-2H3,(H,26,28)/t16-,22+/m1/s1. The normalized spacial score (nSPS) is 19.2. The smallest absolute Gasteiger partial charge is 0.313 e. The zero-order chi connectivity index (χ0) is 20.4. The van der Waals surface area contributed by atoms with Gasteiger partial charge in [0.15, 0.2) is 0 Å². The van der Waals surface area contributed by atoms with E-state index in [9.17, 15) is 9.59 Å². The zero-order valence-electron chi connectivity index (χ0n) is 16.8. The van der Waals surface area contributed by atoms with Gasteiger partial charge in [-0.05, 0) is 59.7 Å². The number of nitrogens with zero attached hydrogens (tertiary/aromatic N) is 2. The number of aromatic nitrogens is 1. The first-order chi connectivity index (χ1) is 14.0. The lowest BCUT2D eigenvalue weighted by Gasteiger charge is -2.38. The van der Waals surface area contributed by atoms with Crippen molar-refractivity contribution in [1.82, 2.24) is 9.88 Å². The number of amides is 2. The molecular formula is C24H25N3O2. The number of pyridine rings is 1. The molecule has 2 amide bonds. The molecule has 4 rings (SSSR count). The quantitative estimate of drug-likeness (QED) is 0.660. The van der Waals surface area contributed by atoms with Crippen molar-refractivity contribution in [3.05, 3.63) is 72.1 Å². The number of carbonyl (C=O) groups excluding carboxylic acids is 2. The number of rotatable bonds is 2. The van der Waals surface area contributed by atoms with Crippen LogP contribution in [0, 0.1) is 12.8 Å². The summed E-state index contributed by atoms with van der Waals surface area (Å²) in [6, 6.07) is 16.2. The van der Waals surface area contributed by atoms with Gasteiger partial charge < -0.3 is 10.2 Å². The van der Waals surface area contributed by atoms with Crippen molar-refractivity contribution in [2.45, 2.75) is 32.7 Å². The molecule has 0 saturated carbocycles. The molecule has 1 saturated heterocycles. The van der Waals surface area contributed by atoms with Crippen LogP contribution in [0.1, 0.15) is 36.9 Å². The predicted molar refractivity (Wildman–Crippen MR) is 114 cm³/mol. The molecule has 5 heteroatoms. The van der Waals surface area contributed by atoms with Crippen molar-refractivity contribution in [2.75, 3.05) is 11.9 Å². The number of hydrogen-bond acceptors (Lipinski definition) is 3. The van der Waals surface area contributed by atoms with Crippen LogP contribution in [0.2, 0.25) is 0 Å². The van der Waals surface area contributed by atoms with E-state index in [-0.39, 0.29) is 6.04 Å². The largest absolute Gasteiger partial charge is 0.327 e. The van der Waals surface area contributed by atoms with E-state index in [4.69, 9.17) is 0 Å². The van der Waals surface area contributed by atoms with Crippen LogP contribution in [0.25, 0.3) is 10.8 Å². The molecule has 29 heavy (non-hydrogen) atoms. The molecule has 148 valence electrons. The molecule has 0 bridgehead atoms. The fraction of sp³-hybridized carbons (Fsp3) is 0.292. The molecular weight excluding hydrogens is 362 g/mol. The summed E-state index contributed by atoms with van der Waals surface area (Å²) in [5.74, 6) is -0.738. The third kappa shape index (κ3) is 4.14. The Balaban J connectivity index is 1.59. The van der Waals surface area contributed by atoms with Gasteiger partial charge in [-0.15, -0.1) is 0 Å². The molecule has 0 spiro atoms. The van der Waals surface area contributed by atoms with Crippen LogP contribution in [0.15, 0.2) is 60.9 Å². The van der Waals surface area contributed by atoms with Gasteiger partial charge in [-0.1, -0.05) is 43.3 Å². The lowest BCUT2D eigenvalue weighted by molar-refractivity contribution is -0.146. The third-order valence-electron chi connectivity index (χ3n) is 5.56. The van der Waals surface area contributed by atoms with Crippen LogP contribution in [0.5, 0.6) is 0 Å². The van der Waals surface area contributed by atoms with Gasteiger partial charge in [-0.25, -0.2) is 0 Å². The number of hydrogen-bond donors (Lipinski definition) is 1. The fourth-order valence-electron chi connectivity index (χ4n) is 4.08. The second-order valence-electron chi connectivity index (χ2n) is 7.97. The van der Waals surface area contributed by atoms with Gasteiger partial charge in [0.2, 0.25) is 0 Å². The van der Waals surface area contributed by atoms with Crippen molar-refractivity contribution >= 4 is 28.3 Å². The highest BCUT2D eigenvalue weighted by Gasteiger charge is 2.34. The van der Waals surface area contributed by atoms with Gasteiger partial charge in [0.25, 0.3) is 0 Å². The monoisotopic (exact) mass is 387 g/mol. The molecule has 1 aromatic heterocycles. The summed E-state index contributed by atoms with van der Waals surface area (Å²) in [6.45, 7) is 4.60. The van der Waals surface area contributed by atoms with Gasteiger partial charge in [0, 0.05) is 12.7 Å². The Kier molecular flexibility index (Phi) is 5.30. The third-order valence-corrected chi connectivity index (χ3v) is 5.56. The first-order valence-electron chi connectivity index (χ1n) is 10.0. The van der Waals surface area contributed by atoms with Gasteiger partial charge >= 0.3 is 11.8 Å². The number of piperidine rings is 1. The number of likely N-dealkylation sites (tertiary alicyclic amines) is 1. The summed E-state index contributed by atoms with van der Waals surface area (Å²) in [5.41, 5.74) is 2.54. The minimum Gasteiger partial charge on any atom is -0.327 e. The van der Waals surface area contributed by atoms with Crippen molar-refractivity contribution in [2.24, 2.45) is 5.92 Å². The van der Waals surface area contributed by atoms with Crippen molar-refractivity contribution in [3.63, 3.8) is 0 Å². The van der Waals surface area contributed by atoms with E-state index in [0.717, 1.165) is 29.4 Å². The highest BCUT2D eigenvalue weighted by atomic mass is 16.2. The Labute approximate surface area is 170 Å². The van der Waals surface area contributed by atoms with Crippen LogP contribution in [0.4, 0.5) is 5.69 Å². The van der Waals surface area contributed by atoms with E-state index in [2.05, 4.69) is 47.6 Å². The topological polar surface area (TPSA) is 62.3 Å². The highest BCUT2D eigenvalue weighted by Crippen LogP contribution is 2.34. The molecule has 0 aliphatic carbocycles. The summed E-state index contributed by atoms with van der Waals surface area (Å²) in [5, 5.41) is 5.02. The van der Waals surface area contributed by atoms with E-state index in [1.54, 1.807) is 23.4 Å². The van der Waals surface area contributed by atoms with Gasteiger partial charge in [-0.3, -0.25) is 14.6 Å². The maximum Gasteiger partial charge on any atom is 0.313 e. The van der Waals surface area contributed by atoms with E-state index >= 15 is 0 Å². The molecule has 1 fully saturated rings. The molecule has 2 atom stereocenters. The SMILES string of the molecule is Cc1cncc(NC(=O)C(=O)N2C[C@H](C)CC[C@H]2c2ccc3ccccc3c2)c1. The van der Waals surface area contributed by atoms with Gasteiger partial charge in [0.05, 0.1) is 17.9 Å². The Morgan fingerprint density at radius 2 is 1.83 bits per heavy atom. The van der Waals surface area contributed by atoms with Crippen LogP contribution >= 0.6 is 0 Å². The highest BCUT2D eigenvalue weighted by molar-refractivity contribution is 6.39. The van der Waals surface area contributed by atoms with Crippen LogP contribution in [-0.2, 0) is 9.59 Å². The molecule has 1 aliphatic rings. The maximum atomic E-state index is 13.1. The fourth-order valence-corrected chi connectivity index (χ4v) is 4.08. The molecule has 5 nitrogen and oxygen atoms in total. The summed E-state index contributed by atoms with van der Waals surface area (Å²) < 4.78 is 0. The maximum absolute atomic E-state index is 13.1. The predicted octanol–water partition coefficient (Wildman–Crippen LogP) is 4.48. The number of anilines is 1. The Bertz CT molecular complexity index is 1060. The molecule has 2 aromatic carbocycles. The summed E-state index contributed by atoms with van der Waals surface area (Å²) in [7, 11) is 0. The number of aryl methyl sites for hydroxylation is 1. The number of fused-ring (bicyclic) bond motifs is 1. The summed E-state index contributed by atoms with van der Waals surface area (Å²) >= 11 is 0. The van der Waals surface area contributed by atoms with E-state index < -0.39 is 11.8 Å². The lowest BCUT2D eigenvalue weighted by Crippen LogP contribution is -2.46. The first kappa shape index (κ1) is 19.1. The summed E-state index contributed by atoms with van der Waals surface area (Å²) in [6.07, 6.45) is 5.15. The van der Waals surface area contributed by atoms with E-state index in [1.807, 2.05) is 19.1 Å². The number of carbonyl (C=O) groups is 2. The van der Waals surface area contributed by atoms with Crippen molar-refractivity contribution in [3.8, 4) is 0 Å². The van der Waals surface area contributed by atoms with Crippen molar-refractivity contribution < 1.29 is 9.59 Å². The first-order valence-corrected chi connectivity index (χ1v) is 10.0. The lowest BCUT2D eigenvalue weighted by atomic mass is 9.89. The van der Waals surface area contributed by atoms with Gasteiger partial charge in [-0.2, -0.15) is 0 Å². The average Bonchev–Trinajstić information content (AvgIpc) is 2.73.